The first-order valence-electron chi connectivity index (χ1n) is 12.5. The highest BCUT2D eigenvalue weighted by Gasteiger charge is 2.30. The van der Waals surface area contributed by atoms with Crippen LogP contribution in [-0.2, 0) is 11.3 Å². The van der Waals surface area contributed by atoms with E-state index in [2.05, 4.69) is 25.6 Å². The van der Waals surface area contributed by atoms with Gasteiger partial charge in [0.25, 0.3) is 0 Å². The lowest BCUT2D eigenvalue weighted by molar-refractivity contribution is -0.139. The van der Waals surface area contributed by atoms with Crippen LogP contribution in [0.4, 0.5) is 18.9 Å². The number of hydrogen-bond donors (Lipinski definition) is 5. The number of aliphatic hydroxyl groups is 1. The number of hydrogen-bond acceptors (Lipinski definition) is 6. The third-order valence-electron chi connectivity index (χ3n) is 6.73. The summed E-state index contributed by atoms with van der Waals surface area (Å²) in [6, 6.07) is 2.94. The SMILES string of the molecule is CC(C)C(Nc1cncc(-c2c[nH]c3ncc(CNC(O)C4CCCC4)cc23)c1)C(=O)NCC(F)(F)F. The summed E-state index contributed by atoms with van der Waals surface area (Å²) in [7, 11) is 0. The molecule has 2 atom stereocenters. The molecule has 0 radical (unpaired) electrons. The number of carbonyl (C=O) groups excluding carboxylic acids is 1. The van der Waals surface area contributed by atoms with Crippen molar-refractivity contribution in [2.75, 3.05) is 11.9 Å². The maximum atomic E-state index is 12.6. The van der Waals surface area contributed by atoms with Gasteiger partial charge in [-0.2, -0.15) is 13.2 Å². The number of pyridine rings is 2. The minimum Gasteiger partial charge on any atom is -0.378 e. The molecule has 4 rings (SSSR count). The van der Waals surface area contributed by atoms with Crippen LogP contribution in [0.5, 0.6) is 0 Å². The molecule has 2 unspecified atom stereocenters. The van der Waals surface area contributed by atoms with Crippen LogP contribution in [0.3, 0.4) is 0 Å². The summed E-state index contributed by atoms with van der Waals surface area (Å²) in [5.74, 6) is -0.708. The van der Waals surface area contributed by atoms with Crippen molar-refractivity contribution < 1.29 is 23.1 Å². The number of amides is 1. The summed E-state index contributed by atoms with van der Waals surface area (Å²) in [5.41, 5.74) is 3.74. The van der Waals surface area contributed by atoms with Gasteiger partial charge in [-0.05, 0) is 42.4 Å². The van der Waals surface area contributed by atoms with E-state index in [0.29, 0.717) is 17.9 Å². The van der Waals surface area contributed by atoms with Crippen molar-refractivity contribution in [2.45, 2.75) is 64.5 Å². The van der Waals surface area contributed by atoms with Crippen LogP contribution in [-0.4, -0.2) is 51.0 Å². The molecule has 3 heterocycles. The molecule has 1 amide bonds. The van der Waals surface area contributed by atoms with Gasteiger partial charge in [-0.1, -0.05) is 26.7 Å². The normalized spacial score (nSPS) is 16.3. The number of nitrogens with zero attached hydrogens (tertiary/aromatic N) is 2. The highest BCUT2D eigenvalue weighted by Crippen LogP contribution is 2.30. The van der Waals surface area contributed by atoms with Gasteiger partial charge >= 0.3 is 6.18 Å². The Labute approximate surface area is 213 Å². The van der Waals surface area contributed by atoms with Crippen molar-refractivity contribution in [3.8, 4) is 11.1 Å². The van der Waals surface area contributed by atoms with E-state index in [0.717, 1.165) is 47.8 Å². The van der Waals surface area contributed by atoms with Gasteiger partial charge in [-0.3, -0.25) is 15.1 Å². The standard InChI is InChI=1S/C26H33F3N6O2/c1-15(2)22(25(37)34-14-26(27,28)29)35-19-8-18(11-30-12-19)21-13-32-23-20(21)7-16(9-31-23)10-33-24(36)17-5-3-4-6-17/h7-9,11-13,15,17,22,24,33,35-36H,3-6,10,14H2,1-2H3,(H,31,32)(H,34,37). The molecule has 3 aromatic heterocycles. The summed E-state index contributed by atoms with van der Waals surface area (Å²) >= 11 is 0. The lowest BCUT2D eigenvalue weighted by atomic mass is 10.0. The molecule has 0 saturated heterocycles. The molecular weight excluding hydrogens is 485 g/mol. The second-order valence-electron chi connectivity index (χ2n) is 9.97. The van der Waals surface area contributed by atoms with E-state index < -0.39 is 30.9 Å². The number of carbonyl (C=O) groups is 1. The first kappa shape index (κ1) is 26.9. The van der Waals surface area contributed by atoms with Crippen LogP contribution in [0.1, 0.15) is 45.1 Å². The first-order chi connectivity index (χ1) is 17.6. The second kappa shape index (κ2) is 11.5. The zero-order valence-corrected chi connectivity index (χ0v) is 20.9. The van der Waals surface area contributed by atoms with Crippen molar-refractivity contribution in [1.29, 1.82) is 0 Å². The number of fused-ring (bicyclic) bond motifs is 1. The van der Waals surface area contributed by atoms with E-state index in [1.54, 1.807) is 32.3 Å². The monoisotopic (exact) mass is 518 g/mol. The highest BCUT2D eigenvalue weighted by atomic mass is 19.4. The maximum Gasteiger partial charge on any atom is 0.405 e. The molecule has 0 spiro atoms. The number of alkyl halides is 3. The predicted molar refractivity (Wildman–Crippen MR) is 135 cm³/mol. The summed E-state index contributed by atoms with van der Waals surface area (Å²) < 4.78 is 37.7. The molecule has 5 N–H and O–H groups in total. The van der Waals surface area contributed by atoms with E-state index in [1.165, 1.54) is 6.20 Å². The maximum absolute atomic E-state index is 12.6. The summed E-state index contributed by atoms with van der Waals surface area (Å²) in [4.78, 5) is 24.4. The van der Waals surface area contributed by atoms with Crippen LogP contribution in [0.15, 0.2) is 36.9 Å². The molecule has 3 aromatic rings. The minimum atomic E-state index is -4.48. The van der Waals surface area contributed by atoms with Gasteiger partial charge in [0, 0.05) is 47.8 Å². The number of H-pyrrole nitrogens is 1. The first-order valence-corrected chi connectivity index (χ1v) is 12.5. The van der Waals surface area contributed by atoms with Gasteiger partial charge in [-0.25, -0.2) is 4.98 Å². The number of nitrogens with one attached hydrogen (secondary N) is 4. The molecule has 200 valence electrons. The molecule has 0 bridgehead atoms. The van der Waals surface area contributed by atoms with Crippen molar-refractivity contribution in [3.05, 3.63) is 42.5 Å². The molecule has 1 aliphatic rings. The van der Waals surface area contributed by atoms with Gasteiger partial charge in [0.2, 0.25) is 5.91 Å². The predicted octanol–water partition coefficient (Wildman–Crippen LogP) is 4.34. The van der Waals surface area contributed by atoms with Crippen molar-refractivity contribution in [2.24, 2.45) is 11.8 Å². The third-order valence-corrected chi connectivity index (χ3v) is 6.73. The fourth-order valence-corrected chi connectivity index (χ4v) is 4.72. The largest absolute Gasteiger partial charge is 0.405 e. The molecular formula is C26H33F3N6O2. The Balaban J connectivity index is 1.49. The zero-order chi connectivity index (χ0) is 26.6. The zero-order valence-electron chi connectivity index (χ0n) is 20.9. The highest BCUT2D eigenvalue weighted by molar-refractivity contribution is 5.94. The van der Waals surface area contributed by atoms with E-state index in [4.69, 9.17) is 0 Å². The lowest BCUT2D eigenvalue weighted by Gasteiger charge is -2.23. The Kier molecular flexibility index (Phi) is 8.33. The van der Waals surface area contributed by atoms with Crippen LogP contribution in [0.25, 0.3) is 22.2 Å². The van der Waals surface area contributed by atoms with E-state index >= 15 is 0 Å². The molecule has 37 heavy (non-hydrogen) atoms. The minimum absolute atomic E-state index is 0.260. The number of rotatable bonds is 10. The van der Waals surface area contributed by atoms with Crippen LogP contribution < -0.4 is 16.0 Å². The van der Waals surface area contributed by atoms with Crippen LogP contribution >= 0.6 is 0 Å². The Morgan fingerprint density at radius 2 is 1.95 bits per heavy atom. The number of aromatic nitrogens is 3. The second-order valence-corrected chi connectivity index (χ2v) is 9.97. The molecule has 0 aliphatic heterocycles. The van der Waals surface area contributed by atoms with Crippen molar-refractivity contribution >= 4 is 22.6 Å². The van der Waals surface area contributed by atoms with E-state index in [-0.39, 0.29) is 11.8 Å². The van der Waals surface area contributed by atoms with Gasteiger partial charge < -0.3 is 20.7 Å². The van der Waals surface area contributed by atoms with Crippen molar-refractivity contribution in [3.63, 3.8) is 0 Å². The Bertz CT molecular complexity index is 1210. The van der Waals surface area contributed by atoms with Gasteiger partial charge in [0.05, 0.1) is 5.69 Å². The molecule has 1 fully saturated rings. The topological polar surface area (TPSA) is 115 Å². The Morgan fingerprint density at radius 3 is 2.65 bits per heavy atom. The third kappa shape index (κ3) is 6.98. The molecule has 1 aliphatic carbocycles. The summed E-state index contributed by atoms with van der Waals surface area (Å²) in [5, 5.41) is 19.5. The van der Waals surface area contributed by atoms with Crippen LogP contribution in [0.2, 0.25) is 0 Å². The summed E-state index contributed by atoms with van der Waals surface area (Å²) in [6.45, 7) is 2.61. The molecule has 1 saturated carbocycles. The van der Waals surface area contributed by atoms with Crippen LogP contribution in [0, 0.1) is 11.8 Å². The Morgan fingerprint density at radius 1 is 1.19 bits per heavy atom. The van der Waals surface area contributed by atoms with Gasteiger partial charge in [-0.15, -0.1) is 0 Å². The van der Waals surface area contributed by atoms with Crippen molar-refractivity contribution in [1.82, 2.24) is 25.6 Å². The van der Waals surface area contributed by atoms with E-state index in [9.17, 15) is 23.1 Å². The van der Waals surface area contributed by atoms with E-state index in [1.807, 2.05) is 17.6 Å². The molecule has 8 nitrogen and oxygen atoms in total. The quantitative estimate of drug-likeness (QED) is 0.255. The average Bonchev–Trinajstić information content (AvgIpc) is 3.54. The molecule has 11 heteroatoms. The number of halogens is 3. The number of anilines is 1. The molecule has 0 aromatic carbocycles. The average molecular weight is 519 g/mol. The Hall–Kier alpha value is -3.18. The smallest absolute Gasteiger partial charge is 0.378 e. The fourth-order valence-electron chi connectivity index (χ4n) is 4.72. The van der Waals surface area contributed by atoms with Gasteiger partial charge in [0.15, 0.2) is 0 Å². The number of aromatic amines is 1. The summed E-state index contributed by atoms with van der Waals surface area (Å²) in [6.07, 6.45) is 6.14. The lowest BCUT2D eigenvalue weighted by Crippen LogP contribution is -2.46. The number of aliphatic hydroxyl groups excluding tert-OH is 1. The van der Waals surface area contributed by atoms with Gasteiger partial charge in [0.1, 0.15) is 24.5 Å². The fraction of sp³-hybridized carbons (Fsp3) is 0.500.